The van der Waals surface area contributed by atoms with E-state index in [2.05, 4.69) is 11.9 Å². The third-order valence-corrected chi connectivity index (χ3v) is 5.33. The standard InChI is InChI=1S/C24H24ClNO3/c1-3-4-6-12-18(25)22-21(24(28)29-15-17-10-7-5-8-11-17)16(2)26-19-13-9-14-20(27)23(19)22/h3-8,10-12,22,26H,1,9,13-15H2,2H3/b6-4-,18-12-. The topological polar surface area (TPSA) is 55.4 Å². The van der Waals surface area contributed by atoms with Crippen molar-refractivity contribution in [2.24, 2.45) is 5.92 Å². The number of carbonyl (C=O) groups excluding carboxylic acids is 2. The Morgan fingerprint density at radius 1 is 1.28 bits per heavy atom. The molecule has 0 amide bonds. The highest BCUT2D eigenvalue weighted by Crippen LogP contribution is 2.41. The van der Waals surface area contributed by atoms with Gasteiger partial charge in [-0.1, -0.05) is 66.7 Å². The van der Waals surface area contributed by atoms with Gasteiger partial charge in [0, 0.05) is 28.4 Å². The Kier molecular flexibility index (Phi) is 6.89. The summed E-state index contributed by atoms with van der Waals surface area (Å²) in [5, 5.41) is 3.65. The first kappa shape index (κ1) is 20.9. The van der Waals surface area contributed by atoms with Gasteiger partial charge in [0.25, 0.3) is 0 Å². The second kappa shape index (κ2) is 9.57. The predicted octanol–water partition coefficient (Wildman–Crippen LogP) is 5.10. The van der Waals surface area contributed by atoms with Gasteiger partial charge in [-0.05, 0) is 31.4 Å². The number of benzene rings is 1. The van der Waals surface area contributed by atoms with Gasteiger partial charge in [-0.25, -0.2) is 4.79 Å². The third-order valence-electron chi connectivity index (χ3n) is 4.99. The summed E-state index contributed by atoms with van der Waals surface area (Å²) in [5.74, 6) is -1.09. The SMILES string of the molecule is C=C/C=C\C=C(/Cl)C1C(C(=O)OCc2ccccc2)=C(C)NC2=C1C(=O)CCC2. The largest absolute Gasteiger partial charge is 0.457 e. The number of allylic oxidation sites excluding steroid dienone is 8. The van der Waals surface area contributed by atoms with Gasteiger partial charge in [0.15, 0.2) is 5.78 Å². The predicted molar refractivity (Wildman–Crippen MR) is 115 cm³/mol. The molecule has 0 saturated carbocycles. The number of Topliss-reactive ketones (excluding diaryl/α,β-unsaturated/α-hetero) is 1. The lowest BCUT2D eigenvalue weighted by atomic mass is 9.78. The number of nitrogens with one attached hydrogen (secondary N) is 1. The third kappa shape index (κ3) is 4.77. The van der Waals surface area contributed by atoms with Gasteiger partial charge >= 0.3 is 5.97 Å². The van der Waals surface area contributed by atoms with E-state index in [1.54, 1.807) is 24.3 Å². The summed E-state index contributed by atoms with van der Waals surface area (Å²) in [7, 11) is 0. The highest BCUT2D eigenvalue weighted by atomic mass is 35.5. The number of hydrogen-bond acceptors (Lipinski definition) is 4. The summed E-state index contributed by atoms with van der Waals surface area (Å²) < 4.78 is 5.57. The Hall–Kier alpha value is -2.85. The van der Waals surface area contributed by atoms with Crippen molar-refractivity contribution in [1.29, 1.82) is 0 Å². The summed E-state index contributed by atoms with van der Waals surface area (Å²) in [4.78, 5) is 25.8. The van der Waals surface area contributed by atoms with Crippen molar-refractivity contribution >= 4 is 23.4 Å². The first-order valence-electron chi connectivity index (χ1n) is 9.62. The zero-order chi connectivity index (χ0) is 20.8. The number of rotatable bonds is 6. The lowest BCUT2D eigenvalue weighted by molar-refractivity contribution is -0.140. The maximum Gasteiger partial charge on any atom is 0.337 e. The van der Waals surface area contributed by atoms with Crippen LogP contribution in [0.25, 0.3) is 0 Å². The number of halogens is 1. The Balaban J connectivity index is 1.94. The summed E-state index contributed by atoms with van der Waals surface area (Å²) in [5.41, 5.74) is 3.36. The van der Waals surface area contributed by atoms with Crippen molar-refractivity contribution in [1.82, 2.24) is 5.32 Å². The van der Waals surface area contributed by atoms with E-state index in [1.807, 2.05) is 37.3 Å². The number of ketones is 1. The monoisotopic (exact) mass is 409 g/mol. The van der Waals surface area contributed by atoms with Crippen molar-refractivity contribution in [3.8, 4) is 0 Å². The molecule has 0 spiro atoms. The molecule has 0 radical (unpaired) electrons. The van der Waals surface area contributed by atoms with Crippen LogP contribution >= 0.6 is 11.6 Å². The number of hydrogen-bond donors (Lipinski definition) is 1. The fourth-order valence-corrected chi connectivity index (χ4v) is 3.94. The van der Waals surface area contributed by atoms with E-state index in [1.165, 1.54) is 0 Å². The molecule has 1 heterocycles. The van der Waals surface area contributed by atoms with E-state index in [0.29, 0.717) is 28.3 Å². The molecular formula is C24H24ClNO3. The first-order chi connectivity index (χ1) is 14.0. The molecule has 1 aromatic rings. The molecule has 0 fully saturated rings. The van der Waals surface area contributed by atoms with Crippen LogP contribution < -0.4 is 5.32 Å². The summed E-state index contributed by atoms with van der Waals surface area (Å²) in [6.45, 7) is 5.61. The quantitative estimate of drug-likeness (QED) is 0.525. The lowest BCUT2D eigenvalue weighted by Gasteiger charge is -2.33. The average Bonchev–Trinajstić information content (AvgIpc) is 2.72. The molecule has 1 aliphatic carbocycles. The molecule has 4 nitrogen and oxygen atoms in total. The fourth-order valence-electron chi connectivity index (χ4n) is 3.65. The van der Waals surface area contributed by atoms with Crippen LogP contribution in [0.5, 0.6) is 0 Å². The summed E-state index contributed by atoms with van der Waals surface area (Å²) >= 11 is 6.62. The molecule has 0 saturated heterocycles. The molecule has 0 aromatic heterocycles. The second-order valence-corrected chi connectivity index (χ2v) is 7.44. The van der Waals surface area contributed by atoms with Gasteiger partial charge < -0.3 is 10.1 Å². The number of ether oxygens (including phenoxy) is 1. The highest BCUT2D eigenvalue weighted by molar-refractivity contribution is 6.31. The molecule has 1 atom stereocenters. The van der Waals surface area contributed by atoms with E-state index < -0.39 is 11.9 Å². The van der Waals surface area contributed by atoms with Gasteiger partial charge in [-0.2, -0.15) is 0 Å². The lowest BCUT2D eigenvalue weighted by Crippen LogP contribution is -2.35. The van der Waals surface area contributed by atoms with Gasteiger partial charge in [-0.15, -0.1) is 0 Å². The minimum Gasteiger partial charge on any atom is -0.457 e. The van der Waals surface area contributed by atoms with Crippen molar-refractivity contribution in [2.75, 3.05) is 0 Å². The highest BCUT2D eigenvalue weighted by Gasteiger charge is 2.39. The minimum atomic E-state index is -0.626. The van der Waals surface area contributed by atoms with E-state index in [9.17, 15) is 9.59 Å². The molecular weight excluding hydrogens is 386 g/mol. The normalized spacial score (nSPS) is 19.9. The molecule has 1 N–H and O–H groups in total. The maximum absolute atomic E-state index is 13.0. The van der Waals surface area contributed by atoms with Crippen LogP contribution in [0, 0.1) is 5.92 Å². The van der Waals surface area contributed by atoms with Crippen molar-refractivity contribution in [2.45, 2.75) is 32.8 Å². The van der Waals surface area contributed by atoms with Gasteiger partial charge in [-0.3, -0.25) is 4.79 Å². The fraction of sp³-hybridized carbons (Fsp3) is 0.250. The van der Waals surface area contributed by atoms with E-state index >= 15 is 0 Å². The minimum absolute atomic E-state index is 0.0175. The van der Waals surface area contributed by atoms with Crippen molar-refractivity contribution < 1.29 is 14.3 Å². The van der Waals surface area contributed by atoms with Gasteiger partial charge in [0.2, 0.25) is 0 Å². The summed E-state index contributed by atoms with van der Waals surface area (Å²) in [6, 6.07) is 9.47. The van der Waals surface area contributed by atoms with Crippen molar-refractivity contribution in [3.63, 3.8) is 0 Å². The van der Waals surface area contributed by atoms with Crippen molar-refractivity contribution in [3.05, 3.63) is 94.4 Å². The Morgan fingerprint density at radius 2 is 2.03 bits per heavy atom. The van der Waals surface area contributed by atoms with Crippen LogP contribution in [-0.2, 0) is 20.9 Å². The number of dihydropyridines is 1. The van der Waals surface area contributed by atoms with Crippen LogP contribution in [0.4, 0.5) is 0 Å². The zero-order valence-electron chi connectivity index (χ0n) is 16.4. The molecule has 1 unspecified atom stereocenters. The van der Waals surface area contributed by atoms with Crippen LogP contribution in [0.1, 0.15) is 31.7 Å². The Labute approximate surface area is 176 Å². The Morgan fingerprint density at radius 3 is 2.76 bits per heavy atom. The molecule has 1 aromatic carbocycles. The Bertz CT molecular complexity index is 938. The smallest absolute Gasteiger partial charge is 0.337 e. The van der Waals surface area contributed by atoms with E-state index in [4.69, 9.17) is 16.3 Å². The van der Waals surface area contributed by atoms with E-state index in [0.717, 1.165) is 24.1 Å². The van der Waals surface area contributed by atoms with Gasteiger partial charge in [0.1, 0.15) is 6.61 Å². The second-order valence-electron chi connectivity index (χ2n) is 7.00. The molecule has 0 bridgehead atoms. The summed E-state index contributed by atoms with van der Waals surface area (Å²) in [6.07, 6.45) is 8.82. The van der Waals surface area contributed by atoms with Crippen LogP contribution in [0.15, 0.2) is 88.8 Å². The van der Waals surface area contributed by atoms with Crippen LogP contribution in [-0.4, -0.2) is 11.8 Å². The molecule has 150 valence electrons. The van der Waals surface area contributed by atoms with Crippen LogP contribution in [0.3, 0.4) is 0 Å². The molecule has 3 rings (SSSR count). The van der Waals surface area contributed by atoms with Crippen LogP contribution in [0.2, 0.25) is 0 Å². The first-order valence-corrected chi connectivity index (χ1v) is 10.0. The van der Waals surface area contributed by atoms with Gasteiger partial charge in [0.05, 0.1) is 11.5 Å². The molecule has 1 aliphatic heterocycles. The zero-order valence-corrected chi connectivity index (χ0v) is 17.2. The maximum atomic E-state index is 13.0. The average molecular weight is 410 g/mol. The molecule has 5 heteroatoms. The molecule has 2 aliphatic rings. The van der Waals surface area contributed by atoms with E-state index in [-0.39, 0.29) is 12.4 Å². The number of carbonyl (C=O) groups is 2. The number of esters is 1. The molecule has 29 heavy (non-hydrogen) atoms.